The van der Waals surface area contributed by atoms with Gasteiger partial charge >= 0.3 is 0 Å². The second-order valence-corrected chi connectivity index (χ2v) is 6.05. The number of carbonyl (C=O) groups is 1. The number of fused-ring (bicyclic) bond motifs is 1. The van der Waals surface area contributed by atoms with Crippen LogP contribution in [-0.4, -0.2) is 19.1 Å². The summed E-state index contributed by atoms with van der Waals surface area (Å²) in [5.74, 6) is 1.52. The molecule has 3 rings (SSSR count). The maximum absolute atomic E-state index is 12.3. The van der Waals surface area contributed by atoms with Crippen LogP contribution in [0.15, 0.2) is 42.5 Å². The molecule has 1 aliphatic heterocycles. The molecule has 4 nitrogen and oxygen atoms in total. The van der Waals surface area contributed by atoms with Gasteiger partial charge in [-0.05, 0) is 31.0 Å². The zero-order chi connectivity index (χ0) is 16.9. The Morgan fingerprint density at radius 2 is 2.12 bits per heavy atom. The van der Waals surface area contributed by atoms with Crippen LogP contribution in [-0.2, 0) is 11.2 Å². The molecule has 0 bridgehead atoms. The Labute approximate surface area is 142 Å². The highest BCUT2D eigenvalue weighted by Gasteiger charge is 2.23. The summed E-state index contributed by atoms with van der Waals surface area (Å²) in [4.78, 5) is 12.3. The predicted molar refractivity (Wildman–Crippen MR) is 93.5 cm³/mol. The molecule has 1 amide bonds. The van der Waals surface area contributed by atoms with E-state index in [1.807, 2.05) is 43.3 Å². The number of ether oxygens (including phenoxy) is 2. The molecule has 126 valence electrons. The molecule has 1 heterocycles. The molecule has 1 atom stereocenters. The van der Waals surface area contributed by atoms with Crippen LogP contribution >= 0.6 is 0 Å². The van der Waals surface area contributed by atoms with Gasteiger partial charge in [0.05, 0.1) is 12.6 Å². The number of para-hydroxylation sites is 1. The van der Waals surface area contributed by atoms with E-state index in [-0.39, 0.29) is 18.6 Å². The average Bonchev–Trinajstić information content (AvgIpc) is 2.60. The van der Waals surface area contributed by atoms with Crippen molar-refractivity contribution in [3.8, 4) is 11.5 Å². The summed E-state index contributed by atoms with van der Waals surface area (Å²) in [7, 11) is 0. The fraction of sp³-hybridized carbons (Fsp3) is 0.350. The molecule has 0 aliphatic carbocycles. The highest BCUT2D eigenvalue weighted by molar-refractivity contribution is 5.78. The summed E-state index contributed by atoms with van der Waals surface area (Å²) in [6.45, 7) is 4.75. The standard InChI is InChI=1S/C20H23NO3/c1-3-15-6-4-5-7-18(15)24-13-20(22)21-17-10-11-23-19-9-8-14(2)12-16(17)19/h4-9,12,17H,3,10-11,13H2,1-2H3,(H,21,22). The van der Waals surface area contributed by atoms with Crippen LogP contribution in [0.3, 0.4) is 0 Å². The minimum atomic E-state index is -0.111. The van der Waals surface area contributed by atoms with Gasteiger partial charge in [-0.25, -0.2) is 0 Å². The van der Waals surface area contributed by atoms with E-state index in [1.165, 1.54) is 0 Å². The number of benzene rings is 2. The zero-order valence-corrected chi connectivity index (χ0v) is 14.2. The van der Waals surface area contributed by atoms with Crippen molar-refractivity contribution in [1.29, 1.82) is 0 Å². The van der Waals surface area contributed by atoms with Crippen LogP contribution < -0.4 is 14.8 Å². The maximum Gasteiger partial charge on any atom is 0.258 e. The number of carbonyl (C=O) groups excluding carboxylic acids is 1. The van der Waals surface area contributed by atoms with Crippen LogP contribution in [0.5, 0.6) is 11.5 Å². The van der Waals surface area contributed by atoms with Gasteiger partial charge in [-0.15, -0.1) is 0 Å². The normalized spacial score (nSPS) is 16.0. The molecular weight excluding hydrogens is 302 g/mol. The summed E-state index contributed by atoms with van der Waals surface area (Å²) in [5, 5.41) is 3.07. The first-order valence-electron chi connectivity index (χ1n) is 8.40. The second kappa shape index (κ2) is 7.39. The van der Waals surface area contributed by atoms with E-state index in [0.717, 1.165) is 41.0 Å². The van der Waals surface area contributed by atoms with Gasteiger partial charge in [0.15, 0.2) is 6.61 Å². The van der Waals surface area contributed by atoms with Crippen molar-refractivity contribution in [2.24, 2.45) is 0 Å². The molecule has 0 radical (unpaired) electrons. The SMILES string of the molecule is CCc1ccccc1OCC(=O)NC1CCOc2ccc(C)cc21. The van der Waals surface area contributed by atoms with Gasteiger partial charge in [0.25, 0.3) is 5.91 Å². The summed E-state index contributed by atoms with van der Waals surface area (Å²) in [6, 6.07) is 13.9. The number of hydrogen-bond donors (Lipinski definition) is 1. The van der Waals surface area contributed by atoms with E-state index in [1.54, 1.807) is 0 Å². The highest BCUT2D eigenvalue weighted by Crippen LogP contribution is 2.32. The number of aryl methyl sites for hydroxylation is 2. The van der Waals surface area contributed by atoms with E-state index in [0.29, 0.717) is 6.61 Å². The number of hydrogen-bond acceptors (Lipinski definition) is 3. The minimum absolute atomic E-state index is 0.0221. The van der Waals surface area contributed by atoms with Crippen LogP contribution in [0, 0.1) is 6.92 Å². The maximum atomic E-state index is 12.3. The van der Waals surface area contributed by atoms with Gasteiger partial charge in [0, 0.05) is 12.0 Å². The van der Waals surface area contributed by atoms with Crippen LogP contribution in [0.1, 0.15) is 36.1 Å². The largest absolute Gasteiger partial charge is 0.493 e. The van der Waals surface area contributed by atoms with E-state index < -0.39 is 0 Å². The molecule has 24 heavy (non-hydrogen) atoms. The minimum Gasteiger partial charge on any atom is -0.493 e. The van der Waals surface area contributed by atoms with E-state index in [4.69, 9.17) is 9.47 Å². The second-order valence-electron chi connectivity index (χ2n) is 6.05. The highest BCUT2D eigenvalue weighted by atomic mass is 16.5. The Morgan fingerprint density at radius 1 is 1.29 bits per heavy atom. The fourth-order valence-electron chi connectivity index (χ4n) is 2.98. The molecule has 0 spiro atoms. The quantitative estimate of drug-likeness (QED) is 0.914. The first-order chi connectivity index (χ1) is 11.7. The molecule has 4 heteroatoms. The van der Waals surface area contributed by atoms with E-state index in [9.17, 15) is 4.79 Å². The summed E-state index contributed by atoms with van der Waals surface area (Å²) in [6.07, 6.45) is 1.65. The first-order valence-corrected chi connectivity index (χ1v) is 8.40. The summed E-state index contributed by atoms with van der Waals surface area (Å²) in [5.41, 5.74) is 3.31. The smallest absolute Gasteiger partial charge is 0.258 e. The van der Waals surface area contributed by atoms with Crippen molar-refractivity contribution in [2.75, 3.05) is 13.2 Å². The lowest BCUT2D eigenvalue weighted by Crippen LogP contribution is -2.35. The number of rotatable bonds is 5. The number of nitrogens with one attached hydrogen (secondary N) is 1. The lowest BCUT2D eigenvalue weighted by Gasteiger charge is -2.27. The molecule has 0 aromatic heterocycles. The van der Waals surface area contributed by atoms with Crippen LogP contribution in [0.25, 0.3) is 0 Å². The summed E-state index contributed by atoms with van der Waals surface area (Å²) >= 11 is 0. The van der Waals surface area contributed by atoms with Crippen LogP contribution in [0.4, 0.5) is 0 Å². The monoisotopic (exact) mass is 325 g/mol. The lowest BCUT2D eigenvalue weighted by molar-refractivity contribution is -0.124. The Bertz CT molecular complexity index is 727. The van der Waals surface area contributed by atoms with Gasteiger partial charge in [-0.1, -0.05) is 42.8 Å². The van der Waals surface area contributed by atoms with E-state index >= 15 is 0 Å². The van der Waals surface area contributed by atoms with Gasteiger partial charge in [-0.3, -0.25) is 4.79 Å². The molecule has 1 aliphatic rings. The predicted octanol–water partition coefficient (Wildman–Crippen LogP) is 3.58. The third-order valence-electron chi connectivity index (χ3n) is 4.25. The van der Waals surface area contributed by atoms with Crippen molar-refractivity contribution in [3.05, 3.63) is 59.2 Å². The molecule has 2 aromatic carbocycles. The topological polar surface area (TPSA) is 47.6 Å². The lowest BCUT2D eigenvalue weighted by atomic mass is 9.98. The first kappa shape index (κ1) is 16.4. The Balaban J connectivity index is 1.63. The number of amides is 1. The summed E-state index contributed by atoms with van der Waals surface area (Å²) < 4.78 is 11.4. The van der Waals surface area contributed by atoms with Gasteiger partial charge in [0.2, 0.25) is 0 Å². The van der Waals surface area contributed by atoms with Crippen molar-refractivity contribution in [3.63, 3.8) is 0 Å². The molecule has 1 N–H and O–H groups in total. The van der Waals surface area contributed by atoms with E-state index in [2.05, 4.69) is 18.3 Å². The Kier molecular flexibility index (Phi) is 5.04. The van der Waals surface area contributed by atoms with Gasteiger partial charge in [-0.2, -0.15) is 0 Å². The van der Waals surface area contributed by atoms with Crippen LogP contribution in [0.2, 0.25) is 0 Å². The zero-order valence-electron chi connectivity index (χ0n) is 14.2. The van der Waals surface area contributed by atoms with Crippen molar-refractivity contribution in [2.45, 2.75) is 32.7 Å². The van der Waals surface area contributed by atoms with Crippen molar-refractivity contribution >= 4 is 5.91 Å². The molecule has 0 saturated heterocycles. The fourth-order valence-corrected chi connectivity index (χ4v) is 2.98. The molecule has 2 aromatic rings. The Hall–Kier alpha value is -2.49. The molecule has 1 unspecified atom stereocenters. The average molecular weight is 325 g/mol. The molecular formula is C20H23NO3. The third-order valence-corrected chi connectivity index (χ3v) is 4.25. The molecule has 0 saturated carbocycles. The van der Waals surface area contributed by atoms with Crippen molar-refractivity contribution < 1.29 is 14.3 Å². The van der Waals surface area contributed by atoms with Crippen molar-refractivity contribution in [1.82, 2.24) is 5.32 Å². The molecule has 0 fully saturated rings. The Morgan fingerprint density at radius 3 is 2.96 bits per heavy atom. The van der Waals surface area contributed by atoms with Gasteiger partial charge < -0.3 is 14.8 Å². The van der Waals surface area contributed by atoms with Gasteiger partial charge in [0.1, 0.15) is 11.5 Å². The third kappa shape index (κ3) is 3.70.